The number of benzene rings is 2. The highest BCUT2D eigenvalue weighted by molar-refractivity contribution is 5.93. The van der Waals surface area contributed by atoms with E-state index in [1.807, 2.05) is 49.4 Å². The minimum absolute atomic E-state index is 0.194. The van der Waals surface area contributed by atoms with E-state index in [1.54, 1.807) is 11.0 Å². The fourth-order valence-corrected chi connectivity index (χ4v) is 3.09. The minimum Gasteiger partial charge on any atom is -0.481 e. The van der Waals surface area contributed by atoms with Gasteiger partial charge in [0.05, 0.1) is 11.6 Å². The quantitative estimate of drug-likeness (QED) is 0.934. The van der Waals surface area contributed by atoms with E-state index in [9.17, 15) is 14.7 Å². The van der Waals surface area contributed by atoms with E-state index in [0.29, 0.717) is 24.2 Å². The molecule has 1 aliphatic rings. The molecule has 0 fully saturated rings. The number of carbonyl (C=O) groups excluding carboxylic acids is 1. The molecule has 2 aromatic rings. The van der Waals surface area contributed by atoms with Crippen LogP contribution >= 0.6 is 0 Å². The van der Waals surface area contributed by atoms with Gasteiger partial charge in [-0.15, -0.1) is 0 Å². The van der Waals surface area contributed by atoms with E-state index < -0.39 is 18.0 Å². The summed E-state index contributed by atoms with van der Waals surface area (Å²) in [6, 6.07) is 14.9. The van der Waals surface area contributed by atoms with Crippen molar-refractivity contribution in [3.05, 3.63) is 65.2 Å². The average Bonchev–Trinajstić information content (AvgIpc) is 2.59. The number of nitrogens with zero attached hydrogens (tertiary/aromatic N) is 1. The largest absolute Gasteiger partial charge is 0.481 e. The first-order chi connectivity index (χ1) is 11.6. The number of carboxylic acid groups (broad SMARTS) is 1. The van der Waals surface area contributed by atoms with E-state index in [0.717, 1.165) is 11.1 Å². The van der Waals surface area contributed by atoms with Crippen molar-refractivity contribution < 1.29 is 19.4 Å². The van der Waals surface area contributed by atoms with Crippen LogP contribution < -0.4 is 4.90 Å². The van der Waals surface area contributed by atoms with Gasteiger partial charge in [-0.05, 0) is 30.0 Å². The molecule has 1 aliphatic heterocycles. The van der Waals surface area contributed by atoms with Crippen LogP contribution in [0.5, 0.6) is 0 Å². The second-order valence-corrected chi connectivity index (χ2v) is 5.88. The van der Waals surface area contributed by atoms with Gasteiger partial charge in [-0.25, -0.2) is 4.79 Å². The number of hydrogen-bond acceptors (Lipinski definition) is 3. The summed E-state index contributed by atoms with van der Waals surface area (Å²) in [7, 11) is 0. The molecule has 5 nitrogen and oxygen atoms in total. The molecular formula is C19H19NO4. The molecule has 3 rings (SSSR count). The van der Waals surface area contributed by atoms with Gasteiger partial charge < -0.3 is 9.84 Å². The molecule has 24 heavy (non-hydrogen) atoms. The SMILES string of the molecule is Cc1cccc2c1N(C(=O)OCc1ccccc1)CCC2C(=O)O. The zero-order valence-electron chi connectivity index (χ0n) is 13.4. The number of aryl methyl sites for hydroxylation is 1. The zero-order chi connectivity index (χ0) is 17.1. The Labute approximate surface area is 140 Å². The van der Waals surface area contributed by atoms with Crippen LogP contribution in [-0.2, 0) is 16.1 Å². The summed E-state index contributed by atoms with van der Waals surface area (Å²) in [6.45, 7) is 2.41. The van der Waals surface area contributed by atoms with Crippen molar-refractivity contribution in [1.29, 1.82) is 0 Å². The number of fused-ring (bicyclic) bond motifs is 1. The Hall–Kier alpha value is -2.82. The molecule has 1 atom stereocenters. The van der Waals surface area contributed by atoms with Gasteiger partial charge in [0.2, 0.25) is 0 Å². The van der Waals surface area contributed by atoms with Gasteiger partial charge >= 0.3 is 12.1 Å². The summed E-state index contributed by atoms with van der Waals surface area (Å²) in [6.07, 6.45) is -0.0649. The number of hydrogen-bond donors (Lipinski definition) is 1. The highest BCUT2D eigenvalue weighted by atomic mass is 16.6. The van der Waals surface area contributed by atoms with Gasteiger partial charge in [-0.1, -0.05) is 48.5 Å². The molecule has 1 unspecified atom stereocenters. The third-order valence-corrected chi connectivity index (χ3v) is 4.28. The molecule has 124 valence electrons. The lowest BCUT2D eigenvalue weighted by molar-refractivity contribution is -0.139. The number of ether oxygens (including phenoxy) is 1. The molecule has 0 bridgehead atoms. The molecule has 1 heterocycles. The first-order valence-electron chi connectivity index (χ1n) is 7.88. The second-order valence-electron chi connectivity index (χ2n) is 5.88. The summed E-state index contributed by atoms with van der Waals surface area (Å²) < 4.78 is 5.41. The Morgan fingerprint density at radius 2 is 1.92 bits per heavy atom. The molecule has 0 saturated carbocycles. The summed E-state index contributed by atoms with van der Waals surface area (Å²) in [5.74, 6) is -1.45. The topological polar surface area (TPSA) is 66.8 Å². The lowest BCUT2D eigenvalue weighted by Crippen LogP contribution is -2.39. The number of anilines is 1. The second kappa shape index (κ2) is 6.74. The fourth-order valence-electron chi connectivity index (χ4n) is 3.09. The predicted molar refractivity (Wildman–Crippen MR) is 90.1 cm³/mol. The normalized spacial score (nSPS) is 16.4. The molecule has 0 saturated heterocycles. The molecule has 2 aromatic carbocycles. The van der Waals surface area contributed by atoms with Gasteiger partial charge in [0, 0.05) is 6.54 Å². The Kier molecular flexibility index (Phi) is 4.51. The van der Waals surface area contributed by atoms with Crippen LogP contribution in [0.15, 0.2) is 48.5 Å². The predicted octanol–water partition coefficient (Wildman–Crippen LogP) is 3.71. The zero-order valence-corrected chi connectivity index (χ0v) is 13.4. The van der Waals surface area contributed by atoms with Crippen molar-refractivity contribution in [2.45, 2.75) is 25.9 Å². The van der Waals surface area contributed by atoms with E-state index in [4.69, 9.17) is 4.74 Å². The van der Waals surface area contributed by atoms with Crippen LogP contribution in [0.4, 0.5) is 10.5 Å². The molecule has 0 spiro atoms. The van der Waals surface area contributed by atoms with Crippen molar-refractivity contribution in [1.82, 2.24) is 0 Å². The van der Waals surface area contributed by atoms with Crippen LogP contribution in [0, 0.1) is 6.92 Å². The van der Waals surface area contributed by atoms with Crippen molar-refractivity contribution in [2.24, 2.45) is 0 Å². The first kappa shape index (κ1) is 16.1. The smallest absolute Gasteiger partial charge is 0.414 e. The monoisotopic (exact) mass is 325 g/mol. The lowest BCUT2D eigenvalue weighted by atomic mass is 9.88. The molecule has 0 aliphatic carbocycles. The van der Waals surface area contributed by atoms with Crippen LogP contribution in [0.25, 0.3) is 0 Å². The first-order valence-corrected chi connectivity index (χ1v) is 7.88. The van der Waals surface area contributed by atoms with Crippen molar-refractivity contribution >= 4 is 17.7 Å². The van der Waals surface area contributed by atoms with Crippen molar-refractivity contribution in [3.63, 3.8) is 0 Å². The third kappa shape index (κ3) is 3.11. The number of para-hydroxylation sites is 1. The number of carboxylic acids is 1. The molecule has 0 aromatic heterocycles. The Bertz CT molecular complexity index is 757. The van der Waals surface area contributed by atoms with E-state index in [-0.39, 0.29) is 6.61 Å². The Morgan fingerprint density at radius 3 is 2.62 bits per heavy atom. The van der Waals surface area contributed by atoms with E-state index in [1.165, 1.54) is 0 Å². The number of amides is 1. The van der Waals surface area contributed by atoms with Gasteiger partial charge in [0.1, 0.15) is 6.61 Å². The third-order valence-electron chi connectivity index (χ3n) is 4.28. The van der Waals surface area contributed by atoms with E-state index in [2.05, 4.69) is 0 Å². The van der Waals surface area contributed by atoms with Crippen molar-refractivity contribution in [3.8, 4) is 0 Å². The van der Waals surface area contributed by atoms with Gasteiger partial charge in [-0.2, -0.15) is 0 Å². The molecule has 0 radical (unpaired) electrons. The maximum atomic E-state index is 12.5. The summed E-state index contributed by atoms with van der Waals surface area (Å²) in [5.41, 5.74) is 3.12. The summed E-state index contributed by atoms with van der Waals surface area (Å²) >= 11 is 0. The molecule has 5 heteroatoms. The highest BCUT2D eigenvalue weighted by Crippen LogP contribution is 2.38. The van der Waals surface area contributed by atoms with Gasteiger partial charge in [-0.3, -0.25) is 9.69 Å². The summed E-state index contributed by atoms with van der Waals surface area (Å²) in [5, 5.41) is 9.42. The maximum absolute atomic E-state index is 12.5. The Morgan fingerprint density at radius 1 is 1.17 bits per heavy atom. The van der Waals surface area contributed by atoms with Gasteiger partial charge in [0.15, 0.2) is 0 Å². The minimum atomic E-state index is -0.862. The Balaban J connectivity index is 1.82. The van der Waals surface area contributed by atoms with Crippen molar-refractivity contribution in [2.75, 3.05) is 11.4 Å². The van der Waals surface area contributed by atoms with Crippen LogP contribution in [0.2, 0.25) is 0 Å². The van der Waals surface area contributed by atoms with E-state index >= 15 is 0 Å². The molecule has 1 N–H and O–H groups in total. The molecule has 1 amide bonds. The number of carbonyl (C=O) groups is 2. The number of aliphatic carboxylic acids is 1. The fraction of sp³-hybridized carbons (Fsp3) is 0.263. The van der Waals surface area contributed by atoms with Crippen LogP contribution in [0.3, 0.4) is 0 Å². The number of rotatable bonds is 3. The maximum Gasteiger partial charge on any atom is 0.414 e. The van der Waals surface area contributed by atoms with Crippen LogP contribution in [0.1, 0.15) is 29.0 Å². The standard InChI is InChI=1S/C19H19NO4/c1-13-6-5-9-15-16(18(21)22)10-11-20(17(13)15)19(23)24-12-14-7-3-2-4-8-14/h2-9,16H,10-12H2,1H3,(H,21,22). The molecular weight excluding hydrogens is 306 g/mol. The highest BCUT2D eigenvalue weighted by Gasteiger charge is 2.34. The lowest BCUT2D eigenvalue weighted by Gasteiger charge is -2.33. The average molecular weight is 325 g/mol. The van der Waals surface area contributed by atoms with Gasteiger partial charge in [0.25, 0.3) is 0 Å². The summed E-state index contributed by atoms with van der Waals surface area (Å²) in [4.78, 5) is 25.5. The van der Waals surface area contributed by atoms with Crippen LogP contribution in [-0.4, -0.2) is 23.7 Å².